The zero-order chi connectivity index (χ0) is 19.8. The van der Waals surface area contributed by atoms with Crippen molar-refractivity contribution in [3.63, 3.8) is 0 Å². The summed E-state index contributed by atoms with van der Waals surface area (Å²) in [7, 11) is 3.87. The third-order valence-electron chi connectivity index (χ3n) is 3.96. The Bertz CT molecular complexity index is 780. The second-order valence-electron chi connectivity index (χ2n) is 6.52. The molecule has 0 aliphatic rings. The van der Waals surface area contributed by atoms with Gasteiger partial charge < -0.3 is 15.1 Å². The predicted molar refractivity (Wildman–Crippen MR) is 111 cm³/mol. The highest BCUT2D eigenvalue weighted by Gasteiger charge is 2.16. The van der Waals surface area contributed by atoms with Crippen LogP contribution < -0.4 is 5.32 Å². The summed E-state index contributed by atoms with van der Waals surface area (Å²) in [6, 6.07) is 9.61. The summed E-state index contributed by atoms with van der Waals surface area (Å²) in [5.74, 6) is -0.439. The van der Waals surface area contributed by atoms with Gasteiger partial charge in [0.1, 0.15) is 6.54 Å². The van der Waals surface area contributed by atoms with Crippen LogP contribution in [0.25, 0.3) is 6.08 Å². The van der Waals surface area contributed by atoms with Crippen molar-refractivity contribution in [3.05, 3.63) is 52.5 Å². The van der Waals surface area contributed by atoms with Crippen molar-refractivity contribution in [2.45, 2.75) is 13.8 Å². The summed E-state index contributed by atoms with van der Waals surface area (Å²) in [6.45, 7) is 5.00. The minimum Gasteiger partial charge on any atom is -0.329 e. The second-order valence-corrected chi connectivity index (χ2v) is 7.72. The first-order chi connectivity index (χ1) is 12.8. The summed E-state index contributed by atoms with van der Waals surface area (Å²) < 4.78 is 0. The number of thiazole rings is 1. The van der Waals surface area contributed by atoms with Crippen molar-refractivity contribution in [1.29, 1.82) is 0 Å². The van der Waals surface area contributed by atoms with E-state index in [0.717, 1.165) is 16.1 Å². The van der Waals surface area contributed by atoms with Crippen LogP contribution in [-0.4, -0.2) is 60.3 Å². The average Bonchev–Trinajstić information content (AvgIpc) is 2.94. The smallest absolute Gasteiger partial charge is 0.247 e. The number of rotatable bonds is 8. The molecule has 0 aliphatic heterocycles. The lowest BCUT2D eigenvalue weighted by Gasteiger charge is -2.22. The van der Waals surface area contributed by atoms with E-state index in [1.54, 1.807) is 11.0 Å². The number of hydrogen-bond donors (Lipinski definition) is 1. The minimum absolute atomic E-state index is 0.0104. The van der Waals surface area contributed by atoms with Gasteiger partial charge in [-0.3, -0.25) is 9.59 Å². The second kappa shape index (κ2) is 9.99. The topological polar surface area (TPSA) is 65.5 Å². The van der Waals surface area contributed by atoms with Crippen LogP contribution in [0, 0.1) is 13.8 Å². The molecule has 2 aromatic rings. The van der Waals surface area contributed by atoms with Crippen molar-refractivity contribution in [2.75, 3.05) is 39.0 Å². The molecule has 0 aliphatic carbocycles. The number of aromatic nitrogens is 1. The van der Waals surface area contributed by atoms with Gasteiger partial charge in [-0.1, -0.05) is 30.3 Å². The van der Waals surface area contributed by atoms with Gasteiger partial charge in [0.25, 0.3) is 0 Å². The molecule has 0 spiro atoms. The van der Waals surface area contributed by atoms with Crippen LogP contribution in [0.2, 0.25) is 0 Å². The number of carbonyl (C=O) groups excluding carboxylic acids is 2. The van der Waals surface area contributed by atoms with Gasteiger partial charge in [-0.2, -0.15) is 0 Å². The fourth-order valence-corrected chi connectivity index (χ4v) is 3.11. The van der Waals surface area contributed by atoms with E-state index < -0.39 is 0 Å². The normalized spacial score (nSPS) is 11.1. The van der Waals surface area contributed by atoms with Crippen molar-refractivity contribution in [2.24, 2.45) is 0 Å². The van der Waals surface area contributed by atoms with E-state index in [9.17, 15) is 9.59 Å². The first kappa shape index (κ1) is 20.8. The molecule has 2 amide bonds. The van der Waals surface area contributed by atoms with Crippen LogP contribution in [0.1, 0.15) is 16.1 Å². The standard InChI is InChI=1S/C20H26N4O2S/c1-15-16(2)27-20(21-15)22-18(25)14-24(13-12-23(3)4)19(26)11-10-17-8-6-5-7-9-17/h5-11H,12-14H2,1-4H3,(H,21,22,25)/b11-10+. The van der Waals surface area contributed by atoms with E-state index in [1.807, 2.05) is 63.2 Å². The molecule has 1 heterocycles. The summed E-state index contributed by atoms with van der Waals surface area (Å²) in [4.78, 5) is 33.9. The Morgan fingerprint density at radius 2 is 1.85 bits per heavy atom. The molecule has 7 heteroatoms. The number of carbonyl (C=O) groups is 2. The highest BCUT2D eigenvalue weighted by molar-refractivity contribution is 7.15. The number of amides is 2. The maximum atomic E-state index is 12.6. The van der Waals surface area contributed by atoms with Crippen molar-refractivity contribution in [1.82, 2.24) is 14.8 Å². The van der Waals surface area contributed by atoms with Gasteiger partial charge >= 0.3 is 0 Å². The number of benzene rings is 1. The molecule has 0 radical (unpaired) electrons. The van der Waals surface area contributed by atoms with Gasteiger partial charge in [-0.05, 0) is 39.6 Å². The molecule has 0 atom stereocenters. The third-order valence-corrected chi connectivity index (χ3v) is 4.94. The maximum absolute atomic E-state index is 12.6. The molecular weight excluding hydrogens is 360 g/mol. The average molecular weight is 387 g/mol. The number of likely N-dealkylation sites (N-methyl/N-ethyl adjacent to an activating group) is 1. The Hall–Kier alpha value is -2.51. The van der Waals surface area contributed by atoms with Gasteiger partial charge in [0.05, 0.1) is 5.69 Å². The summed E-state index contributed by atoms with van der Waals surface area (Å²) >= 11 is 1.44. The molecule has 6 nitrogen and oxygen atoms in total. The number of anilines is 1. The lowest BCUT2D eigenvalue weighted by Crippen LogP contribution is -2.40. The summed E-state index contributed by atoms with van der Waals surface area (Å²) in [6.07, 6.45) is 3.27. The fourth-order valence-electron chi connectivity index (χ4n) is 2.28. The van der Waals surface area contributed by atoms with Gasteiger partial charge in [0, 0.05) is 24.0 Å². The quantitative estimate of drug-likeness (QED) is 0.709. The summed E-state index contributed by atoms with van der Waals surface area (Å²) in [5, 5.41) is 3.35. The van der Waals surface area contributed by atoms with Crippen LogP contribution in [0.4, 0.5) is 5.13 Å². The molecular formula is C20H26N4O2S. The van der Waals surface area contributed by atoms with E-state index in [4.69, 9.17) is 0 Å². The molecule has 1 aromatic heterocycles. The first-order valence-corrected chi connectivity index (χ1v) is 9.57. The van der Waals surface area contributed by atoms with E-state index in [1.165, 1.54) is 17.4 Å². The van der Waals surface area contributed by atoms with Crippen LogP contribution >= 0.6 is 11.3 Å². The molecule has 27 heavy (non-hydrogen) atoms. The van der Waals surface area contributed by atoms with Crippen LogP contribution in [0.3, 0.4) is 0 Å². The number of nitrogens with one attached hydrogen (secondary N) is 1. The van der Waals surface area contributed by atoms with Crippen LogP contribution in [-0.2, 0) is 9.59 Å². The molecule has 2 rings (SSSR count). The van der Waals surface area contributed by atoms with Crippen molar-refractivity contribution >= 4 is 34.4 Å². The Kier molecular flexibility index (Phi) is 7.69. The molecule has 0 bridgehead atoms. The zero-order valence-electron chi connectivity index (χ0n) is 16.2. The third kappa shape index (κ3) is 6.96. The number of hydrogen-bond acceptors (Lipinski definition) is 5. The van der Waals surface area contributed by atoms with Gasteiger partial charge in [0.2, 0.25) is 11.8 Å². The van der Waals surface area contributed by atoms with Crippen molar-refractivity contribution in [3.8, 4) is 0 Å². The Balaban J connectivity index is 2.02. The predicted octanol–water partition coefficient (Wildman–Crippen LogP) is 2.80. The molecule has 1 N–H and O–H groups in total. The van der Waals surface area contributed by atoms with Gasteiger partial charge in [0.15, 0.2) is 5.13 Å². The van der Waals surface area contributed by atoms with Gasteiger partial charge in [-0.15, -0.1) is 11.3 Å². The fraction of sp³-hybridized carbons (Fsp3) is 0.350. The van der Waals surface area contributed by atoms with Gasteiger partial charge in [-0.25, -0.2) is 4.98 Å². The van der Waals surface area contributed by atoms with E-state index in [-0.39, 0.29) is 18.4 Å². The first-order valence-electron chi connectivity index (χ1n) is 8.76. The Labute approximate surface area is 164 Å². The SMILES string of the molecule is Cc1nc(NC(=O)CN(CCN(C)C)C(=O)/C=C/c2ccccc2)sc1C. The maximum Gasteiger partial charge on any atom is 0.247 e. The summed E-state index contributed by atoms with van der Waals surface area (Å²) in [5.41, 5.74) is 1.85. The van der Waals surface area contributed by atoms with Crippen LogP contribution in [0.5, 0.6) is 0 Å². The zero-order valence-corrected chi connectivity index (χ0v) is 17.0. The van der Waals surface area contributed by atoms with Crippen molar-refractivity contribution < 1.29 is 9.59 Å². The largest absolute Gasteiger partial charge is 0.329 e. The lowest BCUT2D eigenvalue weighted by molar-refractivity contribution is -0.130. The molecule has 0 saturated carbocycles. The van der Waals surface area contributed by atoms with E-state index in [0.29, 0.717) is 18.2 Å². The molecule has 144 valence electrons. The Morgan fingerprint density at radius 1 is 1.15 bits per heavy atom. The molecule has 0 saturated heterocycles. The molecule has 0 fully saturated rings. The minimum atomic E-state index is -0.246. The number of aryl methyl sites for hydroxylation is 2. The number of nitrogens with zero attached hydrogens (tertiary/aromatic N) is 3. The highest BCUT2D eigenvalue weighted by Crippen LogP contribution is 2.20. The molecule has 1 aromatic carbocycles. The van der Waals surface area contributed by atoms with Crippen LogP contribution in [0.15, 0.2) is 36.4 Å². The monoisotopic (exact) mass is 386 g/mol. The lowest BCUT2D eigenvalue weighted by atomic mass is 10.2. The van der Waals surface area contributed by atoms with E-state index >= 15 is 0 Å². The highest BCUT2D eigenvalue weighted by atomic mass is 32.1. The Morgan fingerprint density at radius 3 is 2.44 bits per heavy atom. The van der Waals surface area contributed by atoms with E-state index in [2.05, 4.69) is 10.3 Å². The molecule has 0 unspecified atom stereocenters.